The van der Waals surface area contributed by atoms with Gasteiger partial charge in [0, 0.05) is 24.5 Å². The third kappa shape index (κ3) is 5.85. The summed E-state index contributed by atoms with van der Waals surface area (Å²) < 4.78 is 4.79. The second kappa shape index (κ2) is 9.27. The van der Waals surface area contributed by atoms with Gasteiger partial charge in [-0.15, -0.1) is 0 Å². The molecule has 132 valence electrons. The molecule has 0 saturated heterocycles. The van der Waals surface area contributed by atoms with E-state index in [0.717, 1.165) is 12.1 Å². The van der Waals surface area contributed by atoms with E-state index in [0.29, 0.717) is 11.6 Å². The minimum Gasteiger partial charge on any atom is -0.376 e. The Kier molecular flexibility index (Phi) is 7.06. The maximum absolute atomic E-state index is 12.1. The molecule has 6 heteroatoms. The third-order valence-electron chi connectivity index (χ3n) is 4.33. The van der Waals surface area contributed by atoms with Gasteiger partial charge in [-0.2, -0.15) is 0 Å². The molecule has 1 fully saturated rings. The number of carbonyl (C=O) groups is 2. The van der Waals surface area contributed by atoms with E-state index < -0.39 is 0 Å². The van der Waals surface area contributed by atoms with Crippen LogP contribution in [0.3, 0.4) is 0 Å². The van der Waals surface area contributed by atoms with Crippen LogP contribution in [0.2, 0.25) is 0 Å². The summed E-state index contributed by atoms with van der Waals surface area (Å²) in [6, 6.07) is 7.56. The van der Waals surface area contributed by atoms with Crippen molar-refractivity contribution in [3.05, 3.63) is 24.3 Å². The fraction of sp³-hybridized carbons (Fsp3) is 0.556. The van der Waals surface area contributed by atoms with E-state index in [-0.39, 0.29) is 31.0 Å². The monoisotopic (exact) mass is 333 g/mol. The molecule has 1 saturated carbocycles. The van der Waals surface area contributed by atoms with Crippen molar-refractivity contribution in [3.63, 3.8) is 0 Å². The second-order valence-electron chi connectivity index (χ2n) is 6.35. The van der Waals surface area contributed by atoms with Gasteiger partial charge in [0.2, 0.25) is 11.8 Å². The number of benzene rings is 1. The molecule has 0 unspecified atom stereocenters. The number of carbonyl (C=O) groups excluding carboxylic acids is 2. The van der Waals surface area contributed by atoms with Crippen LogP contribution in [0.4, 0.5) is 11.4 Å². The first-order valence-corrected chi connectivity index (χ1v) is 8.50. The summed E-state index contributed by atoms with van der Waals surface area (Å²) in [6.45, 7) is 2.43. The molecule has 0 bridgehead atoms. The number of rotatable bonds is 7. The predicted octanol–water partition coefficient (Wildman–Crippen LogP) is 2.38. The van der Waals surface area contributed by atoms with E-state index in [1.165, 1.54) is 26.4 Å². The van der Waals surface area contributed by atoms with Crippen LogP contribution >= 0.6 is 0 Å². The summed E-state index contributed by atoms with van der Waals surface area (Å²) >= 11 is 0. The standard InChI is InChI=1S/C18H27N3O3/c1-13-6-3-4-9-16(13)21-17(22)11-19-14-7-5-8-15(10-14)20-18(23)12-24-2/h5,7-8,10,13,16,19H,3-4,6,9,11-12H2,1-2H3,(H,20,23)(H,21,22)/t13-,16-/m0/s1. The van der Waals surface area contributed by atoms with E-state index >= 15 is 0 Å². The van der Waals surface area contributed by atoms with Crippen molar-refractivity contribution in [1.29, 1.82) is 0 Å². The van der Waals surface area contributed by atoms with Gasteiger partial charge < -0.3 is 20.7 Å². The van der Waals surface area contributed by atoms with Gasteiger partial charge in [-0.05, 0) is 37.0 Å². The van der Waals surface area contributed by atoms with Crippen molar-refractivity contribution < 1.29 is 14.3 Å². The van der Waals surface area contributed by atoms with Crippen LogP contribution in [0.25, 0.3) is 0 Å². The Labute approximate surface area is 143 Å². The highest BCUT2D eigenvalue weighted by Gasteiger charge is 2.22. The fourth-order valence-corrected chi connectivity index (χ4v) is 3.01. The summed E-state index contributed by atoms with van der Waals surface area (Å²) in [4.78, 5) is 23.6. The summed E-state index contributed by atoms with van der Waals surface area (Å²) in [5, 5.41) is 8.95. The summed E-state index contributed by atoms with van der Waals surface area (Å²) in [5.41, 5.74) is 1.46. The molecule has 0 radical (unpaired) electrons. The molecule has 24 heavy (non-hydrogen) atoms. The minimum absolute atomic E-state index is 0.00238. The fourth-order valence-electron chi connectivity index (χ4n) is 3.01. The Balaban J connectivity index is 1.80. The van der Waals surface area contributed by atoms with Crippen LogP contribution < -0.4 is 16.0 Å². The second-order valence-corrected chi connectivity index (χ2v) is 6.35. The SMILES string of the molecule is COCC(=O)Nc1cccc(NCC(=O)N[C@H]2CCCC[C@@H]2C)c1. The van der Waals surface area contributed by atoms with Crippen LogP contribution in [-0.2, 0) is 14.3 Å². The molecule has 2 amide bonds. The van der Waals surface area contributed by atoms with Crippen LogP contribution in [0.15, 0.2) is 24.3 Å². The molecule has 0 heterocycles. The van der Waals surface area contributed by atoms with Gasteiger partial charge >= 0.3 is 0 Å². The first kappa shape index (κ1) is 18.3. The van der Waals surface area contributed by atoms with E-state index in [4.69, 9.17) is 4.74 Å². The van der Waals surface area contributed by atoms with Gasteiger partial charge in [0.05, 0.1) is 6.54 Å². The van der Waals surface area contributed by atoms with E-state index in [9.17, 15) is 9.59 Å². The van der Waals surface area contributed by atoms with Crippen molar-refractivity contribution >= 4 is 23.2 Å². The highest BCUT2D eigenvalue weighted by molar-refractivity contribution is 5.92. The highest BCUT2D eigenvalue weighted by Crippen LogP contribution is 2.23. The normalized spacial score (nSPS) is 20.2. The molecule has 0 aromatic heterocycles. The zero-order chi connectivity index (χ0) is 17.4. The van der Waals surface area contributed by atoms with Gasteiger partial charge in [0.15, 0.2) is 0 Å². The zero-order valence-electron chi connectivity index (χ0n) is 14.4. The lowest BCUT2D eigenvalue weighted by molar-refractivity contribution is -0.121. The van der Waals surface area contributed by atoms with E-state index in [1.54, 1.807) is 12.1 Å². The number of nitrogens with one attached hydrogen (secondary N) is 3. The summed E-state index contributed by atoms with van der Waals surface area (Å²) in [5.74, 6) is 0.336. The zero-order valence-corrected chi connectivity index (χ0v) is 14.4. The van der Waals surface area contributed by atoms with Crippen LogP contribution in [0.5, 0.6) is 0 Å². The number of ether oxygens (including phenoxy) is 1. The molecule has 1 aliphatic rings. The summed E-state index contributed by atoms with van der Waals surface area (Å²) in [6.07, 6.45) is 4.69. The molecule has 3 N–H and O–H groups in total. The lowest BCUT2D eigenvalue weighted by Crippen LogP contribution is -2.43. The van der Waals surface area contributed by atoms with Gasteiger partial charge in [0.25, 0.3) is 0 Å². The topological polar surface area (TPSA) is 79.5 Å². The minimum atomic E-state index is -0.210. The van der Waals surface area contributed by atoms with Gasteiger partial charge in [0.1, 0.15) is 6.61 Å². The van der Waals surface area contributed by atoms with Gasteiger partial charge in [-0.25, -0.2) is 0 Å². The molecule has 6 nitrogen and oxygen atoms in total. The van der Waals surface area contributed by atoms with E-state index in [2.05, 4.69) is 22.9 Å². The molecule has 1 aromatic rings. The number of amides is 2. The molecule has 2 rings (SSSR count). The lowest BCUT2D eigenvalue weighted by atomic mass is 9.86. The van der Waals surface area contributed by atoms with Crippen LogP contribution in [0.1, 0.15) is 32.6 Å². The average Bonchev–Trinajstić information content (AvgIpc) is 2.56. The molecule has 1 aromatic carbocycles. The molecule has 0 aliphatic heterocycles. The smallest absolute Gasteiger partial charge is 0.250 e. The molecular weight excluding hydrogens is 306 g/mol. The maximum atomic E-state index is 12.1. The maximum Gasteiger partial charge on any atom is 0.250 e. The Morgan fingerprint density at radius 2 is 1.92 bits per heavy atom. The van der Waals surface area contributed by atoms with Crippen molar-refractivity contribution in [2.45, 2.75) is 38.6 Å². The van der Waals surface area contributed by atoms with Gasteiger partial charge in [-0.1, -0.05) is 25.8 Å². The number of methoxy groups -OCH3 is 1. The first-order chi connectivity index (χ1) is 11.6. The molecule has 1 aliphatic carbocycles. The van der Waals surface area contributed by atoms with Crippen molar-refractivity contribution in [2.75, 3.05) is 30.9 Å². The third-order valence-corrected chi connectivity index (χ3v) is 4.33. The molecule has 0 spiro atoms. The number of hydrogen-bond donors (Lipinski definition) is 3. The van der Waals surface area contributed by atoms with Crippen LogP contribution in [-0.4, -0.2) is 38.1 Å². The molecule has 2 atom stereocenters. The molecular formula is C18H27N3O3. The average molecular weight is 333 g/mol. The van der Waals surface area contributed by atoms with Gasteiger partial charge in [-0.3, -0.25) is 9.59 Å². The quantitative estimate of drug-likeness (QED) is 0.716. The van der Waals surface area contributed by atoms with Crippen molar-refractivity contribution in [1.82, 2.24) is 5.32 Å². The van der Waals surface area contributed by atoms with E-state index in [1.807, 2.05) is 12.1 Å². The summed E-state index contributed by atoms with van der Waals surface area (Å²) in [7, 11) is 1.48. The Bertz CT molecular complexity index is 562. The Morgan fingerprint density at radius 3 is 2.67 bits per heavy atom. The van der Waals surface area contributed by atoms with Crippen LogP contribution in [0, 0.1) is 5.92 Å². The lowest BCUT2D eigenvalue weighted by Gasteiger charge is -2.29. The highest BCUT2D eigenvalue weighted by atomic mass is 16.5. The Morgan fingerprint density at radius 1 is 1.17 bits per heavy atom. The van der Waals surface area contributed by atoms with Crippen molar-refractivity contribution in [2.24, 2.45) is 5.92 Å². The van der Waals surface area contributed by atoms with Crippen molar-refractivity contribution in [3.8, 4) is 0 Å². The Hall–Kier alpha value is -2.08. The number of hydrogen-bond acceptors (Lipinski definition) is 4. The predicted molar refractivity (Wildman–Crippen MR) is 95.0 cm³/mol. The largest absolute Gasteiger partial charge is 0.376 e. The number of anilines is 2. The first-order valence-electron chi connectivity index (χ1n) is 8.50.